The Bertz CT molecular complexity index is 1190. The number of nitrogens with zero attached hydrogens (tertiary/aromatic N) is 2. The SMILES string of the molecule is Cc1ccc2on(CCC3CCN(CCc4ccccc4)CC3)c(=O)c2c1.O=C(O)C=CC(=O)O. The molecule has 8 nitrogen and oxygen atoms in total. The van der Waals surface area contributed by atoms with Gasteiger partial charge in [-0.2, -0.15) is 4.74 Å². The van der Waals surface area contributed by atoms with Crippen LogP contribution in [0.5, 0.6) is 0 Å². The van der Waals surface area contributed by atoms with Crippen molar-refractivity contribution in [2.75, 3.05) is 19.6 Å². The van der Waals surface area contributed by atoms with E-state index in [1.807, 2.05) is 25.1 Å². The molecule has 35 heavy (non-hydrogen) atoms. The highest BCUT2D eigenvalue weighted by Crippen LogP contribution is 2.22. The number of aromatic nitrogens is 1. The van der Waals surface area contributed by atoms with Crippen molar-refractivity contribution in [3.05, 3.63) is 82.2 Å². The minimum absolute atomic E-state index is 0.00833. The lowest BCUT2D eigenvalue weighted by molar-refractivity contribution is -0.134. The smallest absolute Gasteiger partial charge is 0.328 e. The molecule has 2 aromatic carbocycles. The molecule has 3 aromatic rings. The highest BCUT2D eigenvalue weighted by Gasteiger charge is 2.20. The number of carbonyl (C=O) groups is 2. The van der Waals surface area contributed by atoms with Crippen LogP contribution < -0.4 is 5.56 Å². The van der Waals surface area contributed by atoms with E-state index in [9.17, 15) is 14.4 Å². The van der Waals surface area contributed by atoms with Crippen molar-refractivity contribution >= 4 is 22.9 Å². The molecule has 0 aliphatic carbocycles. The van der Waals surface area contributed by atoms with E-state index in [1.54, 1.807) is 4.74 Å². The van der Waals surface area contributed by atoms with Gasteiger partial charge in [-0.1, -0.05) is 42.0 Å². The van der Waals surface area contributed by atoms with Crippen LogP contribution in [0.15, 0.2) is 70.0 Å². The summed E-state index contributed by atoms with van der Waals surface area (Å²) in [7, 11) is 0. The average molecular weight is 481 g/mol. The Morgan fingerprint density at radius 1 is 1.00 bits per heavy atom. The number of benzene rings is 2. The summed E-state index contributed by atoms with van der Waals surface area (Å²) in [5.74, 6) is -1.83. The summed E-state index contributed by atoms with van der Waals surface area (Å²) in [6.45, 7) is 6.14. The Balaban J connectivity index is 0.000000371. The molecule has 0 radical (unpaired) electrons. The number of piperidine rings is 1. The molecule has 1 fully saturated rings. The Morgan fingerprint density at radius 3 is 2.29 bits per heavy atom. The molecule has 186 valence electrons. The quantitative estimate of drug-likeness (QED) is 0.469. The molecule has 1 aromatic heterocycles. The summed E-state index contributed by atoms with van der Waals surface area (Å²) < 4.78 is 7.29. The zero-order valence-electron chi connectivity index (χ0n) is 19.9. The van der Waals surface area contributed by atoms with Gasteiger partial charge in [0.05, 0.1) is 11.9 Å². The van der Waals surface area contributed by atoms with E-state index in [0.717, 1.165) is 38.0 Å². The number of carboxylic acid groups (broad SMARTS) is 2. The van der Waals surface area contributed by atoms with Gasteiger partial charge in [0.25, 0.3) is 5.56 Å². The van der Waals surface area contributed by atoms with Crippen LogP contribution in [0.4, 0.5) is 0 Å². The van der Waals surface area contributed by atoms with Gasteiger partial charge in [-0.05, 0) is 69.3 Å². The maximum Gasteiger partial charge on any atom is 0.328 e. The van der Waals surface area contributed by atoms with E-state index in [2.05, 4.69) is 35.2 Å². The first kappa shape index (κ1) is 26.0. The fourth-order valence-corrected chi connectivity index (χ4v) is 4.21. The van der Waals surface area contributed by atoms with Crippen molar-refractivity contribution in [3.63, 3.8) is 0 Å². The zero-order valence-corrected chi connectivity index (χ0v) is 19.9. The number of hydrogen-bond acceptors (Lipinski definition) is 5. The molecule has 0 spiro atoms. The van der Waals surface area contributed by atoms with E-state index in [0.29, 0.717) is 35.6 Å². The predicted octanol–water partition coefficient (Wildman–Crippen LogP) is 3.96. The van der Waals surface area contributed by atoms with Crippen molar-refractivity contribution in [1.29, 1.82) is 0 Å². The number of fused-ring (bicyclic) bond motifs is 1. The average Bonchev–Trinajstić information content (AvgIpc) is 3.16. The van der Waals surface area contributed by atoms with Gasteiger partial charge in [0.2, 0.25) is 0 Å². The van der Waals surface area contributed by atoms with Crippen LogP contribution in [0, 0.1) is 12.8 Å². The predicted molar refractivity (Wildman–Crippen MR) is 134 cm³/mol. The highest BCUT2D eigenvalue weighted by molar-refractivity contribution is 5.89. The van der Waals surface area contributed by atoms with Crippen molar-refractivity contribution < 1.29 is 24.3 Å². The first-order chi connectivity index (χ1) is 16.8. The van der Waals surface area contributed by atoms with Crippen LogP contribution in [0.2, 0.25) is 0 Å². The second-order valence-corrected chi connectivity index (χ2v) is 8.82. The Hall–Kier alpha value is -3.65. The number of aliphatic carboxylic acids is 2. The standard InChI is InChI=1S/C23H28N2O2.C4H4O4/c1-18-7-8-22-21(17-18)23(26)25(27-22)16-12-20-10-14-24(15-11-20)13-9-19-5-3-2-4-6-19;5-3(6)1-2-4(7)8/h2-8,17,20H,9-16H2,1H3;1-2H,(H,5,6)(H,7,8). The fraction of sp³-hybridized carbons (Fsp3) is 0.370. The summed E-state index contributed by atoms with van der Waals surface area (Å²) in [6.07, 6.45) is 5.68. The molecule has 0 bridgehead atoms. The van der Waals surface area contributed by atoms with E-state index < -0.39 is 11.9 Å². The second-order valence-electron chi connectivity index (χ2n) is 8.82. The molecule has 1 saturated heterocycles. The molecule has 0 saturated carbocycles. The molecule has 0 atom stereocenters. The van der Waals surface area contributed by atoms with Crippen LogP contribution in [0.3, 0.4) is 0 Å². The monoisotopic (exact) mass is 480 g/mol. The lowest BCUT2D eigenvalue weighted by Crippen LogP contribution is -2.35. The topological polar surface area (TPSA) is 113 Å². The van der Waals surface area contributed by atoms with Gasteiger partial charge >= 0.3 is 11.9 Å². The van der Waals surface area contributed by atoms with Crippen molar-refractivity contribution in [2.24, 2.45) is 5.92 Å². The molecule has 2 N–H and O–H groups in total. The van der Waals surface area contributed by atoms with Gasteiger partial charge in [0, 0.05) is 18.7 Å². The van der Waals surface area contributed by atoms with E-state index in [1.165, 1.54) is 18.4 Å². The third kappa shape index (κ3) is 8.26. The third-order valence-corrected chi connectivity index (χ3v) is 6.18. The van der Waals surface area contributed by atoms with Gasteiger partial charge in [0.15, 0.2) is 5.58 Å². The first-order valence-corrected chi connectivity index (χ1v) is 11.8. The highest BCUT2D eigenvalue weighted by atomic mass is 16.5. The van der Waals surface area contributed by atoms with Crippen LogP contribution >= 0.6 is 0 Å². The lowest BCUT2D eigenvalue weighted by atomic mass is 9.93. The Kier molecular flexibility index (Phi) is 9.43. The Morgan fingerprint density at radius 2 is 1.66 bits per heavy atom. The van der Waals surface area contributed by atoms with Gasteiger partial charge in [-0.15, -0.1) is 0 Å². The van der Waals surface area contributed by atoms with Crippen LogP contribution in [0.1, 0.15) is 30.4 Å². The molecule has 0 amide bonds. The number of rotatable bonds is 8. The molecule has 0 unspecified atom stereocenters. The summed E-state index contributed by atoms with van der Waals surface area (Å²) in [6, 6.07) is 16.5. The number of carboxylic acids is 2. The molecular formula is C27H32N2O6. The van der Waals surface area contributed by atoms with Gasteiger partial charge in [-0.25, -0.2) is 9.59 Å². The van der Waals surface area contributed by atoms with Crippen molar-refractivity contribution in [3.8, 4) is 0 Å². The minimum atomic E-state index is -1.26. The van der Waals surface area contributed by atoms with E-state index in [-0.39, 0.29) is 5.56 Å². The number of hydrogen-bond donors (Lipinski definition) is 2. The van der Waals surface area contributed by atoms with Crippen LogP contribution in [0.25, 0.3) is 11.0 Å². The fourth-order valence-electron chi connectivity index (χ4n) is 4.21. The summed E-state index contributed by atoms with van der Waals surface area (Å²) >= 11 is 0. The number of aryl methyl sites for hydroxylation is 2. The van der Waals surface area contributed by atoms with Crippen molar-refractivity contribution in [2.45, 2.75) is 39.2 Å². The largest absolute Gasteiger partial charge is 0.478 e. The van der Waals surface area contributed by atoms with E-state index >= 15 is 0 Å². The maximum absolute atomic E-state index is 12.5. The number of likely N-dealkylation sites (tertiary alicyclic amines) is 1. The third-order valence-electron chi connectivity index (χ3n) is 6.18. The molecule has 2 heterocycles. The van der Waals surface area contributed by atoms with Crippen LogP contribution in [-0.4, -0.2) is 51.4 Å². The molecule has 1 aliphatic heterocycles. The Labute approximate surface area is 204 Å². The van der Waals surface area contributed by atoms with Crippen LogP contribution in [-0.2, 0) is 22.6 Å². The van der Waals surface area contributed by atoms with Gasteiger partial charge < -0.3 is 19.6 Å². The zero-order chi connectivity index (χ0) is 25.2. The summed E-state index contributed by atoms with van der Waals surface area (Å²) in [4.78, 5) is 34.2. The normalized spacial score (nSPS) is 14.7. The first-order valence-electron chi connectivity index (χ1n) is 11.8. The maximum atomic E-state index is 12.5. The van der Waals surface area contributed by atoms with E-state index in [4.69, 9.17) is 14.7 Å². The molecule has 1 aliphatic rings. The summed E-state index contributed by atoms with van der Waals surface area (Å²) in [5, 5.41) is 16.3. The second kappa shape index (κ2) is 12.7. The minimum Gasteiger partial charge on any atom is -0.478 e. The summed E-state index contributed by atoms with van der Waals surface area (Å²) in [5.41, 5.74) is 3.21. The van der Waals surface area contributed by atoms with Gasteiger partial charge in [0.1, 0.15) is 0 Å². The molecular weight excluding hydrogens is 448 g/mol. The molecule has 4 rings (SSSR count). The molecule has 8 heteroatoms. The lowest BCUT2D eigenvalue weighted by Gasteiger charge is -2.31. The van der Waals surface area contributed by atoms with Crippen molar-refractivity contribution in [1.82, 2.24) is 9.64 Å². The van der Waals surface area contributed by atoms with Gasteiger partial charge in [-0.3, -0.25) is 4.79 Å².